The van der Waals surface area contributed by atoms with Gasteiger partial charge in [0.05, 0.1) is 20.2 Å². The third kappa shape index (κ3) is 3.14. The highest BCUT2D eigenvalue weighted by atomic mass is 31.2. The number of hydrogen-bond donors (Lipinski definition) is 1. The van der Waals surface area contributed by atoms with Crippen LogP contribution in [-0.2, 0) is 0 Å². The van der Waals surface area contributed by atoms with E-state index in [1.807, 2.05) is 18.2 Å². The Morgan fingerprint density at radius 3 is 1.26 bits per heavy atom. The molecule has 0 saturated carbocycles. The SMILES string of the molecule is OCCN=P(c1ccccc1)(c1ccccc1)c1ccccc1. The van der Waals surface area contributed by atoms with Crippen molar-refractivity contribution in [2.24, 2.45) is 4.74 Å². The van der Waals surface area contributed by atoms with E-state index in [-0.39, 0.29) is 6.61 Å². The quantitative estimate of drug-likeness (QED) is 0.720. The molecule has 2 nitrogen and oxygen atoms in total. The van der Waals surface area contributed by atoms with Crippen molar-refractivity contribution in [3.63, 3.8) is 0 Å². The average molecular weight is 321 g/mol. The summed E-state index contributed by atoms with van der Waals surface area (Å²) in [5, 5.41) is 13.0. The van der Waals surface area contributed by atoms with E-state index in [9.17, 15) is 5.11 Å². The summed E-state index contributed by atoms with van der Waals surface area (Å²) in [4.78, 5) is 0. The molecule has 0 aromatic heterocycles. The minimum absolute atomic E-state index is 0.0637. The van der Waals surface area contributed by atoms with E-state index in [0.29, 0.717) is 6.54 Å². The lowest BCUT2D eigenvalue weighted by atomic mass is 10.4. The molecule has 1 N–H and O–H groups in total. The summed E-state index contributed by atoms with van der Waals surface area (Å²) in [5.41, 5.74) is 0. The topological polar surface area (TPSA) is 32.6 Å². The van der Waals surface area contributed by atoms with Crippen LogP contribution >= 0.6 is 7.05 Å². The zero-order chi connectivity index (χ0) is 16.0. The molecular weight excluding hydrogens is 301 g/mol. The van der Waals surface area contributed by atoms with E-state index in [1.54, 1.807) is 0 Å². The maximum absolute atomic E-state index is 9.39. The van der Waals surface area contributed by atoms with Crippen LogP contribution in [0.1, 0.15) is 0 Å². The second-order valence-electron chi connectivity index (χ2n) is 5.23. The summed E-state index contributed by atoms with van der Waals surface area (Å²) in [6.45, 7) is 0.501. The Balaban J connectivity index is 2.36. The van der Waals surface area contributed by atoms with Crippen molar-refractivity contribution >= 4 is 23.0 Å². The fraction of sp³-hybridized carbons (Fsp3) is 0.100. The molecule has 0 aliphatic heterocycles. The summed E-state index contributed by atoms with van der Waals surface area (Å²) in [7, 11) is -2.10. The summed E-state index contributed by atoms with van der Waals surface area (Å²) in [5.74, 6) is 0. The molecule has 0 amide bonds. The van der Waals surface area contributed by atoms with Crippen molar-refractivity contribution in [2.45, 2.75) is 0 Å². The van der Waals surface area contributed by atoms with Gasteiger partial charge in [-0.1, -0.05) is 91.0 Å². The van der Waals surface area contributed by atoms with E-state index >= 15 is 0 Å². The Morgan fingerprint density at radius 2 is 0.957 bits per heavy atom. The van der Waals surface area contributed by atoms with E-state index in [1.165, 1.54) is 15.9 Å². The third-order valence-corrected chi connectivity index (χ3v) is 7.56. The van der Waals surface area contributed by atoms with E-state index in [0.717, 1.165) is 0 Å². The molecule has 0 atom stereocenters. The van der Waals surface area contributed by atoms with Gasteiger partial charge in [-0.15, -0.1) is 0 Å². The normalized spacial score (nSPS) is 11.2. The molecule has 0 saturated heterocycles. The van der Waals surface area contributed by atoms with Crippen LogP contribution in [0.3, 0.4) is 0 Å². The summed E-state index contributed by atoms with van der Waals surface area (Å²) in [6, 6.07) is 31.3. The first kappa shape index (κ1) is 15.7. The Morgan fingerprint density at radius 1 is 0.609 bits per heavy atom. The third-order valence-electron chi connectivity index (χ3n) is 3.80. The van der Waals surface area contributed by atoms with Crippen molar-refractivity contribution < 1.29 is 5.11 Å². The smallest absolute Gasteiger partial charge is 0.0626 e. The Kier molecular flexibility index (Phi) is 5.07. The number of nitrogens with zero attached hydrogens (tertiary/aromatic N) is 1. The Hall–Kier alpha value is -2.15. The number of aliphatic hydroxyl groups is 1. The van der Waals surface area contributed by atoms with Gasteiger partial charge < -0.3 is 5.11 Å². The first-order valence-corrected chi connectivity index (χ1v) is 9.48. The van der Waals surface area contributed by atoms with Crippen LogP contribution in [0, 0.1) is 0 Å². The molecule has 0 aliphatic rings. The van der Waals surface area contributed by atoms with Crippen LogP contribution in [0.25, 0.3) is 0 Å². The highest BCUT2D eigenvalue weighted by Gasteiger charge is 2.26. The molecule has 3 rings (SSSR count). The Bertz CT molecular complexity index is 682. The first-order valence-electron chi connectivity index (χ1n) is 7.74. The molecule has 0 heterocycles. The van der Waals surface area contributed by atoms with E-state index in [2.05, 4.69) is 72.8 Å². The molecule has 0 radical (unpaired) electrons. The number of benzene rings is 3. The van der Waals surface area contributed by atoms with Crippen LogP contribution in [-0.4, -0.2) is 18.3 Å². The van der Waals surface area contributed by atoms with Crippen molar-refractivity contribution in [1.82, 2.24) is 0 Å². The molecule has 23 heavy (non-hydrogen) atoms. The molecular formula is C20H20NOP. The maximum Gasteiger partial charge on any atom is 0.0626 e. The molecule has 3 aromatic carbocycles. The zero-order valence-corrected chi connectivity index (χ0v) is 13.8. The minimum atomic E-state index is -2.10. The monoisotopic (exact) mass is 321 g/mol. The minimum Gasteiger partial charge on any atom is -0.394 e. The van der Waals surface area contributed by atoms with Gasteiger partial charge in [0.25, 0.3) is 0 Å². The molecule has 3 aromatic rings. The zero-order valence-electron chi connectivity index (χ0n) is 12.9. The predicted octanol–water partition coefficient (Wildman–Crippen LogP) is 3.16. The van der Waals surface area contributed by atoms with E-state index < -0.39 is 7.05 Å². The van der Waals surface area contributed by atoms with Gasteiger partial charge in [0.1, 0.15) is 0 Å². The molecule has 0 fully saturated rings. The number of rotatable bonds is 5. The van der Waals surface area contributed by atoms with Gasteiger partial charge in [-0.25, -0.2) is 0 Å². The van der Waals surface area contributed by atoms with Gasteiger partial charge >= 0.3 is 0 Å². The van der Waals surface area contributed by atoms with Crippen molar-refractivity contribution in [3.05, 3.63) is 91.0 Å². The lowest BCUT2D eigenvalue weighted by Crippen LogP contribution is -2.25. The number of hydrogen-bond acceptors (Lipinski definition) is 2. The second kappa shape index (κ2) is 7.41. The van der Waals surface area contributed by atoms with E-state index in [4.69, 9.17) is 4.74 Å². The first-order chi connectivity index (χ1) is 11.4. The summed E-state index contributed by atoms with van der Waals surface area (Å²) >= 11 is 0. The largest absolute Gasteiger partial charge is 0.394 e. The van der Waals surface area contributed by atoms with Gasteiger partial charge in [0.15, 0.2) is 0 Å². The fourth-order valence-electron chi connectivity index (χ4n) is 2.82. The molecule has 0 aliphatic carbocycles. The van der Waals surface area contributed by atoms with Crippen LogP contribution in [0.4, 0.5) is 0 Å². The fourth-order valence-corrected chi connectivity index (χ4v) is 6.40. The summed E-state index contributed by atoms with van der Waals surface area (Å²) < 4.78 is 5.05. The van der Waals surface area contributed by atoms with Crippen molar-refractivity contribution in [2.75, 3.05) is 13.2 Å². The lowest BCUT2D eigenvalue weighted by molar-refractivity contribution is 0.307. The van der Waals surface area contributed by atoms with Crippen LogP contribution < -0.4 is 15.9 Å². The highest BCUT2D eigenvalue weighted by Crippen LogP contribution is 2.46. The molecule has 0 spiro atoms. The second-order valence-corrected chi connectivity index (χ2v) is 8.33. The molecule has 3 heteroatoms. The summed E-state index contributed by atoms with van der Waals surface area (Å²) in [6.07, 6.45) is 0. The molecule has 0 bridgehead atoms. The predicted molar refractivity (Wildman–Crippen MR) is 99.5 cm³/mol. The van der Waals surface area contributed by atoms with Gasteiger partial charge in [-0.05, 0) is 0 Å². The average Bonchev–Trinajstić information content (AvgIpc) is 2.65. The van der Waals surface area contributed by atoms with Gasteiger partial charge in [-0.3, -0.25) is 4.74 Å². The van der Waals surface area contributed by atoms with Gasteiger partial charge in [0.2, 0.25) is 0 Å². The number of aliphatic hydroxyl groups excluding tert-OH is 1. The maximum atomic E-state index is 9.39. The van der Waals surface area contributed by atoms with Crippen LogP contribution in [0.15, 0.2) is 95.7 Å². The van der Waals surface area contributed by atoms with Crippen LogP contribution in [0.5, 0.6) is 0 Å². The Labute approximate surface area is 137 Å². The van der Waals surface area contributed by atoms with Gasteiger partial charge in [-0.2, -0.15) is 0 Å². The lowest BCUT2D eigenvalue weighted by Gasteiger charge is -2.26. The van der Waals surface area contributed by atoms with Gasteiger partial charge in [0, 0.05) is 15.9 Å². The molecule has 0 unspecified atom stereocenters. The standard InChI is InChI=1S/C20H20NOP/c22-17-16-21-23(18-10-4-1-5-11-18,19-12-6-2-7-13-19)20-14-8-3-9-15-20/h1-15,22H,16-17H2. The van der Waals surface area contributed by atoms with Crippen molar-refractivity contribution in [1.29, 1.82) is 0 Å². The molecule has 116 valence electrons. The van der Waals surface area contributed by atoms with Crippen molar-refractivity contribution in [3.8, 4) is 0 Å². The van der Waals surface area contributed by atoms with Crippen LogP contribution in [0.2, 0.25) is 0 Å². The highest BCUT2D eigenvalue weighted by molar-refractivity contribution is 7.87.